The Morgan fingerprint density at radius 1 is 1.16 bits per heavy atom. The molecule has 0 radical (unpaired) electrons. The van der Waals surface area contributed by atoms with Crippen LogP contribution in [0.2, 0.25) is 0 Å². The van der Waals surface area contributed by atoms with Crippen molar-refractivity contribution in [2.24, 2.45) is 12.0 Å². The number of carbonyl (C=O) groups excluding carboxylic acids is 1. The van der Waals surface area contributed by atoms with Crippen LogP contribution < -0.4 is 4.80 Å². The van der Waals surface area contributed by atoms with Crippen LogP contribution in [-0.4, -0.2) is 25.1 Å². The first kappa shape index (κ1) is 17.6. The Balaban J connectivity index is 2.20. The van der Waals surface area contributed by atoms with Gasteiger partial charge in [-0.05, 0) is 43.2 Å². The van der Waals surface area contributed by atoms with E-state index in [1.165, 1.54) is 23.5 Å². The Bertz CT molecular complexity index is 1170. The van der Waals surface area contributed by atoms with E-state index in [-0.39, 0.29) is 10.5 Å². The third kappa shape index (κ3) is 3.29. The van der Waals surface area contributed by atoms with Crippen LogP contribution in [0.4, 0.5) is 0 Å². The quantitative estimate of drug-likeness (QED) is 0.692. The van der Waals surface area contributed by atoms with Crippen molar-refractivity contribution in [1.29, 1.82) is 0 Å². The minimum atomic E-state index is -3.50. The number of aromatic nitrogens is 1. The molecule has 0 aliphatic carbocycles. The second-order valence-electron chi connectivity index (χ2n) is 6.06. The number of aryl methyl sites for hydroxylation is 3. The molecule has 1 heterocycles. The Morgan fingerprint density at radius 3 is 2.52 bits per heavy atom. The van der Waals surface area contributed by atoms with E-state index in [9.17, 15) is 13.2 Å². The topological polar surface area (TPSA) is 68.5 Å². The maximum absolute atomic E-state index is 12.6. The second kappa shape index (κ2) is 6.24. The highest BCUT2D eigenvalue weighted by Crippen LogP contribution is 2.23. The standard InChI is InChI=1S/C18H18N2O3S2/c1-11-9-12(2)16-14(10-11)20(3)18(24-16)19-17(21)13-7-5-6-8-15(13)25(4,22)23/h5-10H,1-4H3. The van der Waals surface area contributed by atoms with Gasteiger partial charge in [-0.15, -0.1) is 0 Å². The molecule has 0 bridgehead atoms. The summed E-state index contributed by atoms with van der Waals surface area (Å²) in [6, 6.07) is 10.3. The minimum Gasteiger partial charge on any atom is -0.319 e. The molecule has 130 valence electrons. The maximum Gasteiger partial charge on any atom is 0.280 e. The summed E-state index contributed by atoms with van der Waals surface area (Å²) < 4.78 is 26.7. The summed E-state index contributed by atoms with van der Waals surface area (Å²) in [7, 11) is -1.65. The first-order valence-electron chi connectivity index (χ1n) is 7.63. The average molecular weight is 374 g/mol. The van der Waals surface area contributed by atoms with Gasteiger partial charge < -0.3 is 4.57 Å². The summed E-state index contributed by atoms with van der Waals surface area (Å²) in [6.45, 7) is 4.05. The number of nitrogens with zero attached hydrogens (tertiary/aromatic N) is 2. The SMILES string of the molecule is Cc1cc(C)c2sc(=NC(=O)c3ccccc3S(C)(=O)=O)n(C)c2c1. The molecule has 0 spiro atoms. The van der Waals surface area contributed by atoms with Crippen molar-refractivity contribution in [3.63, 3.8) is 0 Å². The van der Waals surface area contributed by atoms with Crippen LogP contribution in [0.15, 0.2) is 46.3 Å². The van der Waals surface area contributed by atoms with Gasteiger partial charge >= 0.3 is 0 Å². The number of fused-ring (bicyclic) bond motifs is 1. The number of hydrogen-bond donors (Lipinski definition) is 0. The molecule has 1 aromatic heterocycles. The molecule has 5 nitrogen and oxygen atoms in total. The van der Waals surface area contributed by atoms with E-state index in [1.54, 1.807) is 12.1 Å². The van der Waals surface area contributed by atoms with E-state index in [2.05, 4.69) is 11.1 Å². The number of thiazole rings is 1. The Labute approximate surface area is 150 Å². The monoisotopic (exact) mass is 374 g/mol. The van der Waals surface area contributed by atoms with Gasteiger partial charge in [-0.25, -0.2) is 8.42 Å². The highest BCUT2D eigenvalue weighted by atomic mass is 32.2. The fourth-order valence-corrected chi connectivity index (χ4v) is 4.74. The number of benzene rings is 2. The van der Waals surface area contributed by atoms with Gasteiger partial charge in [0.15, 0.2) is 14.6 Å². The lowest BCUT2D eigenvalue weighted by atomic mass is 10.1. The molecule has 1 amide bonds. The highest BCUT2D eigenvalue weighted by molar-refractivity contribution is 7.90. The predicted molar refractivity (Wildman–Crippen MR) is 99.7 cm³/mol. The summed E-state index contributed by atoms with van der Waals surface area (Å²) in [5, 5.41) is 0. The van der Waals surface area contributed by atoms with Crippen molar-refractivity contribution in [1.82, 2.24) is 4.57 Å². The zero-order valence-electron chi connectivity index (χ0n) is 14.4. The Hall–Kier alpha value is -2.25. The van der Waals surface area contributed by atoms with Gasteiger partial charge in [0, 0.05) is 13.3 Å². The number of sulfone groups is 1. The van der Waals surface area contributed by atoms with Crippen LogP contribution in [0.5, 0.6) is 0 Å². The van der Waals surface area contributed by atoms with Crippen LogP contribution in [0, 0.1) is 13.8 Å². The zero-order chi connectivity index (χ0) is 18.4. The highest BCUT2D eigenvalue weighted by Gasteiger charge is 2.18. The van der Waals surface area contributed by atoms with E-state index in [4.69, 9.17) is 0 Å². The van der Waals surface area contributed by atoms with Gasteiger partial charge in [0.05, 0.1) is 20.7 Å². The lowest BCUT2D eigenvalue weighted by molar-refractivity contribution is 0.0995. The zero-order valence-corrected chi connectivity index (χ0v) is 16.0. The number of carbonyl (C=O) groups is 1. The summed E-state index contributed by atoms with van der Waals surface area (Å²) in [5.74, 6) is -0.558. The van der Waals surface area contributed by atoms with Crippen molar-refractivity contribution in [3.05, 3.63) is 57.9 Å². The first-order chi connectivity index (χ1) is 11.7. The predicted octanol–water partition coefficient (Wildman–Crippen LogP) is 3.00. The molecule has 0 aliphatic rings. The van der Waals surface area contributed by atoms with Crippen LogP contribution in [-0.2, 0) is 16.9 Å². The molecule has 0 unspecified atom stereocenters. The average Bonchev–Trinajstić information content (AvgIpc) is 2.84. The summed E-state index contributed by atoms with van der Waals surface area (Å²) in [6.07, 6.45) is 1.09. The van der Waals surface area contributed by atoms with E-state index >= 15 is 0 Å². The maximum atomic E-state index is 12.6. The second-order valence-corrected chi connectivity index (χ2v) is 9.02. The largest absolute Gasteiger partial charge is 0.319 e. The van der Waals surface area contributed by atoms with E-state index in [1.807, 2.05) is 31.5 Å². The van der Waals surface area contributed by atoms with Crippen molar-refractivity contribution in [3.8, 4) is 0 Å². The van der Waals surface area contributed by atoms with E-state index in [0.717, 1.165) is 27.6 Å². The third-order valence-electron chi connectivity index (χ3n) is 3.96. The van der Waals surface area contributed by atoms with Crippen LogP contribution in [0.3, 0.4) is 0 Å². The van der Waals surface area contributed by atoms with E-state index < -0.39 is 15.7 Å². The van der Waals surface area contributed by atoms with Crippen molar-refractivity contribution in [2.75, 3.05) is 6.26 Å². The Kier molecular flexibility index (Phi) is 4.38. The molecule has 7 heteroatoms. The molecule has 0 atom stereocenters. The molecule has 0 N–H and O–H groups in total. The smallest absolute Gasteiger partial charge is 0.280 e. The number of amides is 1. The van der Waals surface area contributed by atoms with Crippen LogP contribution >= 0.6 is 11.3 Å². The Morgan fingerprint density at radius 2 is 1.84 bits per heavy atom. The summed E-state index contributed by atoms with van der Waals surface area (Å²) in [5.41, 5.74) is 3.36. The van der Waals surface area contributed by atoms with Crippen LogP contribution in [0.25, 0.3) is 10.2 Å². The number of rotatable bonds is 2. The molecule has 3 rings (SSSR count). The van der Waals surface area contributed by atoms with Gasteiger partial charge in [0.1, 0.15) is 0 Å². The number of hydrogen-bond acceptors (Lipinski definition) is 4. The molecule has 0 fully saturated rings. The van der Waals surface area contributed by atoms with Crippen molar-refractivity contribution < 1.29 is 13.2 Å². The lowest BCUT2D eigenvalue weighted by Gasteiger charge is -2.03. The molecule has 0 saturated heterocycles. The third-order valence-corrected chi connectivity index (χ3v) is 6.39. The molecule has 3 aromatic rings. The molecule has 25 heavy (non-hydrogen) atoms. The van der Waals surface area contributed by atoms with Crippen LogP contribution in [0.1, 0.15) is 21.5 Å². The molecule has 0 saturated carbocycles. The summed E-state index contributed by atoms with van der Waals surface area (Å²) >= 11 is 1.42. The summed E-state index contributed by atoms with van der Waals surface area (Å²) in [4.78, 5) is 17.4. The van der Waals surface area contributed by atoms with Gasteiger partial charge in [0.25, 0.3) is 5.91 Å². The van der Waals surface area contributed by atoms with Crippen molar-refractivity contribution in [2.45, 2.75) is 18.7 Å². The van der Waals surface area contributed by atoms with Gasteiger partial charge in [-0.3, -0.25) is 4.79 Å². The van der Waals surface area contributed by atoms with E-state index in [0.29, 0.717) is 4.80 Å². The fraction of sp³-hybridized carbons (Fsp3) is 0.222. The van der Waals surface area contributed by atoms with Gasteiger partial charge in [0.2, 0.25) is 0 Å². The minimum absolute atomic E-state index is 0.000427. The fourth-order valence-electron chi connectivity index (χ4n) is 2.79. The molecular weight excluding hydrogens is 356 g/mol. The van der Waals surface area contributed by atoms with Gasteiger partial charge in [-0.2, -0.15) is 4.99 Å². The van der Waals surface area contributed by atoms with Gasteiger partial charge in [-0.1, -0.05) is 29.5 Å². The molecule has 0 aliphatic heterocycles. The van der Waals surface area contributed by atoms with Crippen molar-refractivity contribution >= 4 is 37.3 Å². The lowest BCUT2D eigenvalue weighted by Crippen LogP contribution is -2.15. The molecule has 2 aromatic carbocycles. The first-order valence-corrected chi connectivity index (χ1v) is 10.3. The molecular formula is C18H18N2O3S2. The normalized spacial score (nSPS) is 12.7.